The third-order valence-electron chi connectivity index (χ3n) is 5.56. The van der Waals surface area contributed by atoms with Gasteiger partial charge in [-0.1, -0.05) is 11.3 Å². The summed E-state index contributed by atoms with van der Waals surface area (Å²) in [6.07, 6.45) is 0.638. The molecule has 8 nitrogen and oxygen atoms in total. The number of ether oxygens (including phenoxy) is 2. The first kappa shape index (κ1) is 24.5. The van der Waals surface area contributed by atoms with Gasteiger partial charge >= 0.3 is 0 Å². The van der Waals surface area contributed by atoms with E-state index in [0.717, 1.165) is 19.6 Å². The minimum absolute atomic E-state index is 0.0429. The molecule has 1 fully saturated rings. The van der Waals surface area contributed by atoms with Gasteiger partial charge in [-0.2, -0.15) is 0 Å². The summed E-state index contributed by atoms with van der Waals surface area (Å²) in [5.74, 6) is -1.13. The molecule has 1 aliphatic heterocycles. The fourth-order valence-electron chi connectivity index (χ4n) is 3.71. The Hall–Kier alpha value is -2.60. The van der Waals surface area contributed by atoms with Crippen molar-refractivity contribution in [3.05, 3.63) is 48.3 Å². The Balaban J connectivity index is 1.54. The quantitative estimate of drug-likeness (QED) is 0.440. The van der Waals surface area contributed by atoms with Gasteiger partial charge in [-0.3, -0.25) is 14.6 Å². The standard InChI is InChI=1S/C23H26FN3O5S2/c1-31-18-4-6-19(7-5-18)34(29,30)16-22(28)27(10-2-9-26-11-13-32-14-12-26)23-25-20-8-3-17(24)15-21(20)33-23/h3-8,15H,2,9-14,16H2,1H3. The maximum Gasteiger partial charge on any atom is 0.244 e. The minimum Gasteiger partial charge on any atom is -0.497 e. The minimum atomic E-state index is -3.88. The van der Waals surface area contributed by atoms with Gasteiger partial charge in [-0.05, 0) is 48.9 Å². The zero-order valence-electron chi connectivity index (χ0n) is 18.8. The van der Waals surface area contributed by atoms with Crippen LogP contribution in [0.3, 0.4) is 0 Å². The number of thiazole rings is 1. The summed E-state index contributed by atoms with van der Waals surface area (Å²) < 4.78 is 50.6. The Morgan fingerprint density at radius 1 is 1.21 bits per heavy atom. The van der Waals surface area contributed by atoms with Crippen molar-refractivity contribution in [3.8, 4) is 5.75 Å². The van der Waals surface area contributed by atoms with Gasteiger partial charge in [-0.25, -0.2) is 17.8 Å². The summed E-state index contributed by atoms with van der Waals surface area (Å²) in [4.78, 5) is 21.4. The highest BCUT2D eigenvalue weighted by atomic mass is 32.2. The highest BCUT2D eigenvalue weighted by molar-refractivity contribution is 7.92. The lowest BCUT2D eigenvalue weighted by atomic mass is 10.3. The monoisotopic (exact) mass is 507 g/mol. The summed E-state index contributed by atoms with van der Waals surface area (Å²) in [5, 5.41) is 0.359. The highest BCUT2D eigenvalue weighted by Crippen LogP contribution is 2.30. The number of aromatic nitrogens is 1. The molecule has 182 valence electrons. The summed E-state index contributed by atoms with van der Waals surface area (Å²) in [6.45, 7) is 4.04. The smallest absolute Gasteiger partial charge is 0.244 e. The van der Waals surface area contributed by atoms with Crippen LogP contribution in [0.1, 0.15) is 6.42 Å². The number of anilines is 1. The van der Waals surface area contributed by atoms with Gasteiger partial charge in [-0.15, -0.1) is 0 Å². The first-order valence-corrected chi connectivity index (χ1v) is 13.4. The largest absolute Gasteiger partial charge is 0.497 e. The van der Waals surface area contributed by atoms with E-state index in [9.17, 15) is 17.6 Å². The Morgan fingerprint density at radius 2 is 1.94 bits per heavy atom. The topological polar surface area (TPSA) is 89.0 Å². The number of benzene rings is 2. The van der Waals surface area contributed by atoms with Crippen molar-refractivity contribution in [2.24, 2.45) is 0 Å². The summed E-state index contributed by atoms with van der Waals surface area (Å²) >= 11 is 1.17. The van der Waals surface area contributed by atoms with Crippen molar-refractivity contribution in [1.29, 1.82) is 0 Å². The molecule has 0 radical (unpaired) electrons. The molecule has 1 aromatic heterocycles. The molecule has 4 rings (SSSR count). The number of morpholine rings is 1. The number of nitrogens with zero attached hydrogens (tertiary/aromatic N) is 3. The number of carbonyl (C=O) groups excluding carboxylic acids is 1. The van der Waals surface area contributed by atoms with Crippen LogP contribution in [-0.2, 0) is 19.4 Å². The van der Waals surface area contributed by atoms with Crippen molar-refractivity contribution in [2.45, 2.75) is 11.3 Å². The Bertz CT molecular complexity index is 1240. The van der Waals surface area contributed by atoms with Crippen molar-refractivity contribution >= 4 is 42.4 Å². The normalized spacial score (nSPS) is 14.9. The van der Waals surface area contributed by atoms with E-state index in [1.165, 1.54) is 47.6 Å². The van der Waals surface area contributed by atoms with Gasteiger partial charge in [0.2, 0.25) is 5.91 Å². The molecule has 11 heteroatoms. The number of sulfone groups is 1. The van der Waals surface area contributed by atoms with E-state index >= 15 is 0 Å². The number of carbonyl (C=O) groups is 1. The average molecular weight is 508 g/mol. The van der Waals surface area contributed by atoms with Crippen LogP contribution in [0, 0.1) is 5.82 Å². The van der Waals surface area contributed by atoms with Crippen LogP contribution in [0.25, 0.3) is 10.2 Å². The second kappa shape index (κ2) is 10.8. The number of hydrogen-bond acceptors (Lipinski definition) is 8. The molecule has 1 saturated heterocycles. The Labute approximate surface area is 201 Å². The van der Waals surface area contributed by atoms with Gasteiger partial charge in [0, 0.05) is 26.2 Å². The van der Waals surface area contributed by atoms with Gasteiger partial charge in [0.15, 0.2) is 15.0 Å². The molecule has 0 aliphatic carbocycles. The van der Waals surface area contributed by atoms with E-state index in [-0.39, 0.29) is 4.90 Å². The van der Waals surface area contributed by atoms with Gasteiger partial charge in [0.05, 0.1) is 35.4 Å². The predicted octanol–water partition coefficient (Wildman–Crippen LogP) is 2.97. The zero-order valence-corrected chi connectivity index (χ0v) is 20.4. The van der Waals surface area contributed by atoms with Crippen molar-refractivity contribution < 1.29 is 27.1 Å². The lowest BCUT2D eigenvalue weighted by molar-refractivity contribution is -0.116. The van der Waals surface area contributed by atoms with Crippen LogP contribution in [0.2, 0.25) is 0 Å². The second-order valence-electron chi connectivity index (χ2n) is 7.90. The third-order valence-corrected chi connectivity index (χ3v) is 8.22. The third kappa shape index (κ3) is 5.90. The SMILES string of the molecule is COc1ccc(S(=O)(=O)CC(=O)N(CCCN2CCOCC2)c2nc3ccc(F)cc3s2)cc1. The molecule has 0 N–H and O–H groups in total. The molecule has 0 atom stereocenters. The second-order valence-corrected chi connectivity index (χ2v) is 10.9. The van der Waals surface area contributed by atoms with Crippen LogP contribution in [0.4, 0.5) is 9.52 Å². The van der Waals surface area contributed by atoms with Gasteiger partial charge < -0.3 is 9.47 Å². The maximum absolute atomic E-state index is 13.7. The lowest BCUT2D eigenvalue weighted by Crippen LogP contribution is -2.40. The lowest BCUT2D eigenvalue weighted by Gasteiger charge is -2.27. The number of amides is 1. The fraction of sp³-hybridized carbons (Fsp3) is 0.391. The molecule has 0 bridgehead atoms. The number of methoxy groups -OCH3 is 1. The summed E-state index contributed by atoms with van der Waals surface area (Å²) in [5.41, 5.74) is 0.561. The molecule has 0 unspecified atom stereocenters. The first-order chi connectivity index (χ1) is 16.4. The van der Waals surface area contributed by atoms with Crippen molar-refractivity contribution in [1.82, 2.24) is 9.88 Å². The number of hydrogen-bond donors (Lipinski definition) is 0. The molecule has 2 aromatic carbocycles. The fourth-order valence-corrected chi connectivity index (χ4v) is 5.94. The zero-order chi connectivity index (χ0) is 24.1. The summed E-state index contributed by atoms with van der Waals surface area (Å²) in [6, 6.07) is 10.1. The Morgan fingerprint density at radius 3 is 2.65 bits per heavy atom. The summed E-state index contributed by atoms with van der Waals surface area (Å²) in [7, 11) is -2.38. The van der Waals surface area contributed by atoms with Crippen LogP contribution < -0.4 is 9.64 Å². The average Bonchev–Trinajstić information content (AvgIpc) is 3.24. The predicted molar refractivity (Wildman–Crippen MR) is 129 cm³/mol. The number of halogens is 1. The molecule has 1 amide bonds. The van der Waals surface area contributed by atoms with E-state index in [0.29, 0.717) is 47.3 Å². The molecule has 3 aromatic rings. The van der Waals surface area contributed by atoms with Crippen LogP contribution in [0.15, 0.2) is 47.4 Å². The molecule has 0 saturated carbocycles. The van der Waals surface area contributed by atoms with E-state index in [2.05, 4.69) is 9.88 Å². The number of fused-ring (bicyclic) bond motifs is 1. The van der Waals surface area contributed by atoms with Crippen LogP contribution in [0.5, 0.6) is 5.75 Å². The van der Waals surface area contributed by atoms with Crippen molar-refractivity contribution in [2.75, 3.05) is 57.2 Å². The highest BCUT2D eigenvalue weighted by Gasteiger charge is 2.27. The van der Waals surface area contributed by atoms with Gasteiger partial charge in [0.1, 0.15) is 17.3 Å². The first-order valence-electron chi connectivity index (χ1n) is 10.9. The van der Waals surface area contributed by atoms with Crippen molar-refractivity contribution in [3.63, 3.8) is 0 Å². The molecular weight excluding hydrogens is 481 g/mol. The molecular formula is C23H26FN3O5S2. The van der Waals surface area contributed by atoms with E-state index in [4.69, 9.17) is 9.47 Å². The van der Waals surface area contributed by atoms with Crippen LogP contribution in [-0.4, -0.2) is 76.5 Å². The molecule has 0 spiro atoms. The van der Waals surface area contributed by atoms with E-state index < -0.39 is 27.3 Å². The van der Waals surface area contributed by atoms with Crippen LogP contribution >= 0.6 is 11.3 Å². The molecule has 1 aliphatic rings. The van der Waals surface area contributed by atoms with E-state index in [1.54, 1.807) is 18.2 Å². The Kier molecular flexibility index (Phi) is 7.77. The van der Waals surface area contributed by atoms with E-state index in [1.807, 2.05) is 0 Å². The molecule has 2 heterocycles. The number of rotatable bonds is 9. The molecule has 34 heavy (non-hydrogen) atoms. The maximum atomic E-state index is 13.7. The van der Waals surface area contributed by atoms with Gasteiger partial charge in [0.25, 0.3) is 0 Å².